The highest BCUT2D eigenvalue weighted by Crippen LogP contribution is 2.22. The first-order valence-electron chi connectivity index (χ1n) is 6.20. The number of nitro groups is 1. The van der Waals surface area contributed by atoms with Crippen molar-refractivity contribution in [3.8, 4) is 0 Å². The second kappa shape index (κ2) is 5.64. The van der Waals surface area contributed by atoms with E-state index < -0.39 is 4.92 Å². The van der Waals surface area contributed by atoms with Gasteiger partial charge in [0.2, 0.25) is 11.7 Å². The zero-order valence-corrected chi connectivity index (χ0v) is 10.7. The minimum atomic E-state index is -0.480. The van der Waals surface area contributed by atoms with Gasteiger partial charge in [-0.25, -0.2) is 4.98 Å². The monoisotopic (exact) mass is 264 g/mol. The zero-order valence-electron chi connectivity index (χ0n) is 10.7. The summed E-state index contributed by atoms with van der Waals surface area (Å²) >= 11 is 0. The maximum atomic E-state index is 11.5. The van der Waals surface area contributed by atoms with Crippen molar-refractivity contribution in [1.82, 2.24) is 10.3 Å². The third kappa shape index (κ3) is 3.90. The van der Waals surface area contributed by atoms with Gasteiger partial charge in [-0.1, -0.05) is 0 Å². The lowest BCUT2D eigenvalue weighted by atomic mass is 10.3. The van der Waals surface area contributed by atoms with E-state index in [0.29, 0.717) is 12.6 Å². The number of anilines is 1. The van der Waals surface area contributed by atoms with Crippen LogP contribution in [0.15, 0.2) is 12.3 Å². The van der Waals surface area contributed by atoms with Crippen LogP contribution in [-0.4, -0.2) is 28.4 Å². The van der Waals surface area contributed by atoms with Gasteiger partial charge in [-0.3, -0.25) is 14.9 Å². The number of nitrogens with zero attached hydrogens (tertiary/aromatic N) is 2. The van der Waals surface area contributed by atoms with Crippen LogP contribution < -0.4 is 10.6 Å². The summed E-state index contributed by atoms with van der Waals surface area (Å²) in [5.41, 5.74) is 0.659. The Labute approximate surface area is 110 Å². The van der Waals surface area contributed by atoms with Crippen LogP contribution in [0.4, 0.5) is 11.5 Å². The molecule has 1 aliphatic rings. The molecule has 102 valence electrons. The molecule has 7 heteroatoms. The van der Waals surface area contributed by atoms with Gasteiger partial charge in [-0.15, -0.1) is 0 Å². The molecule has 0 unspecified atom stereocenters. The molecule has 19 heavy (non-hydrogen) atoms. The Morgan fingerprint density at radius 3 is 2.95 bits per heavy atom. The van der Waals surface area contributed by atoms with E-state index in [0.717, 1.165) is 18.4 Å². The molecule has 0 atom stereocenters. The van der Waals surface area contributed by atoms with Crippen molar-refractivity contribution in [3.05, 3.63) is 27.9 Å². The van der Waals surface area contributed by atoms with Crippen LogP contribution in [0.5, 0.6) is 0 Å². The maximum Gasteiger partial charge on any atom is 0.311 e. The van der Waals surface area contributed by atoms with Crippen molar-refractivity contribution >= 4 is 17.4 Å². The lowest BCUT2D eigenvalue weighted by Gasteiger charge is -2.07. The van der Waals surface area contributed by atoms with Gasteiger partial charge in [-0.2, -0.15) is 0 Å². The Balaban J connectivity index is 1.87. The van der Waals surface area contributed by atoms with Crippen LogP contribution in [0.3, 0.4) is 0 Å². The van der Waals surface area contributed by atoms with Gasteiger partial charge in [0.15, 0.2) is 0 Å². The van der Waals surface area contributed by atoms with Gasteiger partial charge in [0.05, 0.1) is 4.92 Å². The molecule has 0 aliphatic heterocycles. The molecule has 0 spiro atoms. The largest absolute Gasteiger partial charge is 0.364 e. The van der Waals surface area contributed by atoms with Crippen LogP contribution >= 0.6 is 0 Å². The molecule has 7 nitrogen and oxygen atoms in total. The molecule has 1 saturated carbocycles. The number of hydrogen-bond donors (Lipinski definition) is 2. The minimum Gasteiger partial charge on any atom is -0.364 e. The first-order valence-corrected chi connectivity index (χ1v) is 6.20. The van der Waals surface area contributed by atoms with E-state index in [1.54, 1.807) is 13.1 Å². The molecule has 0 saturated heterocycles. The standard InChI is InChI=1S/C12H16N4O3/c1-8-6-10(16(18)19)12(14-7-8)13-5-4-11(17)15-9-2-3-9/h6-7,9H,2-5H2,1H3,(H,13,14)(H,15,17). The van der Waals surface area contributed by atoms with E-state index in [4.69, 9.17) is 0 Å². The minimum absolute atomic E-state index is 0.0373. The average Bonchev–Trinajstić information content (AvgIpc) is 3.14. The molecule has 2 rings (SSSR count). The molecule has 1 fully saturated rings. The Bertz CT molecular complexity index is 500. The average molecular weight is 264 g/mol. The summed E-state index contributed by atoms with van der Waals surface area (Å²) in [5.74, 6) is 0.166. The highest BCUT2D eigenvalue weighted by Gasteiger charge is 2.23. The van der Waals surface area contributed by atoms with Gasteiger partial charge < -0.3 is 10.6 Å². The third-order valence-corrected chi connectivity index (χ3v) is 2.79. The Morgan fingerprint density at radius 2 is 2.32 bits per heavy atom. The van der Waals surface area contributed by atoms with E-state index in [1.165, 1.54) is 6.07 Å². The number of hydrogen-bond acceptors (Lipinski definition) is 5. The molecular weight excluding hydrogens is 248 g/mol. The van der Waals surface area contributed by atoms with Crippen LogP contribution in [-0.2, 0) is 4.79 Å². The van der Waals surface area contributed by atoms with Gasteiger partial charge in [0.1, 0.15) is 0 Å². The van der Waals surface area contributed by atoms with E-state index >= 15 is 0 Å². The summed E-state index contributed by atoms with van der Waals surface area (Å²) in [7, 11) is 0. The topological polar surface area (TPSA) is 97.2 Å². The lowest BCUT2D eigenvalue weighted by Crippen LogP contribution is -2.27. The number of nitrogens with one attached hydrogen (secondary N) is 2. The molecule has 1 aromatic heterocycles. The Hall–Kier alpha value is -2.18. The van der Waals surface area contributed by atoms with Gasteiger partial charge in [0, 0.05) is 31.3 Å². The van der Waals surface area contributed by atoms with Crippen molar-refractivity contribution in [2.75, 3.05) is 11.9 Å². The Morgan fingerprint density at radius 1 is 1.58 bits per heavy atom. The summed E-state index contributed by atoms with van der Waals surface area (Å²) in [6.45, 7) is 2.07. The predicted molar refractivity (Wildman–Crippen MR) is 69.9 cm³/mol. The van der Waals surface area contributed by atoms with Crippen molar-refractivity contribution in [3.63, 3.8) is 0 Å². The molecule has 1 aliphatic carbocycles. The second-order valence-electron chi connectivity index (χ2n) is 4.66. The molecule has 0 bridgehead atoms. The van der Waals surface area contributed by atoms with E-state index in [-0.39, 0.29) is 23.8 Å². The number of carbonyl (C=O) groups excluding carboxylic acids is 1. The normalized spacial score (nSPS) is 13.9. The zero-order chi connectivity index (χ0) is 13.8. The summed E-state index contributed by atoms with van der Waals surface area (Å²) in [6, 6.07) is 1.79. The number of rotatable bonds is 6. The number of aryl methyl sites for hydroxylation is 1. The molecule has 0 aromatic carbocycles. The first kappa shape index (κ1) is 13.3. The Kier molecular flexibility index (Phi) is 3.94. The van der Waals surface area contributed by atoms with Crippen LogP contribution in [0.2, 0.25) is 0 Å². The van der Waals surface area contributed by atoms with E-state index in [1.807, 2.05) is 0 Å². The van der Waals surface area contributed by atoms with E-state index in [9.17, 15) is 14.9 Å². The number of amides is 1. The smallest absolute Gasteiger partial charge is 0.311 e. The summed E-state index contributed by atoms with van der Waals surface area (Å²) in [6.07, 6.45) is 3.93. The predicted octanol–water partition coefficient (Wildman–Crippen LogP) is 1.38. The summed E-state index contributed by atoms with van der Waals surface area (Å²) in [4.78, 5) is 25.8. The van der Waals surface area contributed by atoms with Gasteiger partial charge in [0.25, 0.3) is 0 Å². The lowest BCUT2D eigenvalue weighted by molar-refractivity contribution is -0.384. The molecular formula is C12H16N4O3. The SMILES string of the molecule is Cc1cnc(NCCC(=O)NC2CC2)c([N+](=O)[O-])c1. The van der Waals surface area contributed by atoms with Crippen molar-refractivity contribution in [2.24, 2.45) is 0 Å². The van der Waals surface area contributed by atoms with Crippen LogP contribution in [0.1, 0.15) is 24.8 Å². The van der Waals surface area contributed by atoms with Crippen LogP contribution in [0, 0.1) is 17.0 Å². The molecule has 1 amide bonds. The van der Waals surface area contributed by atoms with Crippen molar-refractivity contribution < 1.29 is 9.72 Å². The maximum absolute atomic E-state index is 11.5. The fourth-order valence-electron chi connectivity index (χ4n) is 1.65. The fourth-order valence-corrected chi connectivity index (χ4v) is 1.65. The van der Waals surface area contributed by atoms with Crippen LogP contribution in [0.25, 0.3) is 0 Å². The number of aromatic nitrogens is 1. The highest BCUT2D eigenvalue weighted by atomic mass is 16.6. The van der Waals surface area contributed by atoms with Gasteiger partial charge >= 0.3 is 5.69 Å². The van der Waals surface area contributed by atoms with Gasteiger partial charge in [-0.05, 0) is 25.3 Å². The number of carbonyl (C=O) groups is 1. The molecule has 0 radical (unpaired) electrons. The first-order chi connectivity index (χ1) is 9.06. The summed E-state index contributed by atoms with van der Waals surface area (Å²) < 4.78 is 0. The third-order valence-electron chi connectivity index (χ3n) is 2.79. The molecule has 2 N–H and O–H groups in total. The van der Waals surface area contributed by atoms with Crippen molar-refractivity contribution in [2.45, 2.75) is 32.2 Å². The molecule has 1 heterocycles. The van der Waals surface area contributed by atoms with Crippen molar-refractivity contribution in [1.29, 1.82) is 0 Å². The quantitative estimate of drug-likeness (QED) is 0.597. The number of pyridine rings is 1. The highest BCUT2D eigenvalue weighted by molar-refractivity contribution is 5.77. The summed E-state index contributed by atoms with van der Waals surface area (Å²) in [5, 5.41) is 16.6. The second-order valence-corrected chi connectivity index (χ2v) is 4.66. The fraction of sp³-hybridized carbons (Fsp3) is 0.500. The van der Waals surface area contributed by atoms with E-state index in [2.05, 4.69) is 15.6 Å². The molecule has 1 aromatic rings.